The third-order valence-electron chi connectivity index (χ3n) is 6.23. The quantitative estimate of drug-likeness (QED) is 0.167. The number of hydrogen-bond acceptors (Lipinski definition) is 8. The molecular formula is C34H29O8. The second-order valence-corrected chi connectivity index (χ2v) is 9.26. The topological polar surface area (TPSA) is 105 Å². The van der Waals surface area contributed by atoms with Crippen molar-refractivity contribution >= 4 is 23.9 Å². The zero-order valence-electron chi connectivity index (χ0n) is 22.8. The summed E-state index contributed by atoms with van der Waals surface area (Å²) in [5, 5.41) is 0. The maximum atomic E-state index is 13.2. The first-order valence-corrected chi connectivity index (χ1v) is 13.2. The minimum absolute atomic E-state index is 0.200. The van der Waals surface area contributed by atoms with Crippen molar-refractivity contribution in [1.29, 1.82) is 0 Å². The Kier molecular flexibility index (Phi) is 10.2. The van der Waals surface area contributed by atoms with E-state index in [0.717, 1.165) is 0 Å². The van der Waals surface area contributed by atoms with E-state index in [9.17, 15) is 19.2 Å². The van der Waals surface area contributed by atoms with Gasteiger partial charge in [-0.15, -0.1) is 0 Å². The van der Waals surface area contributed by atoms with Gasteiger partial charge in [-0.05, 0) is 62.4 Å². The van der Waals surface area contributed by atoms with Crippen LogP contribution in [0.1, 0.15) is 48.4 Å². The fraction of sp³-hybridized carbons (Fsp3) is 0.147. The maximum Gasteiger partial charge on any atom is 0.338 e. The Balaban J connectivity index is 1.68. The summed E-state index contributed by atoms with van der Waals surface area (Å²) in [6.45, 7) is 5.40. The monoisotopic (exact) mass is 565 g/mol. The Morgan fingerprint density at radius 2 is 0.738 bits per heavy atom. The number of ether oxygens (including phenoxy) is 4. The maximum absolute atomic E-state index is 13.2. The molecule has 42 heavy (non-hydrogen) atoms. The largest absolute Gasteiger partial charge is 0.455 e. The smallest absolute Gasteiger partial charge is 0.338 e. The molecule has 4 aromatic rings. The van der Waals surface area contributed by atoms with Gasteiger partial charge in [-0.2, -0.15) is 0 Å². The molecular weight excluding hydrogens is 536 g/mol. The molecule has 0 aliphatic carbocycles. The lowest BCUT2D eigenvalue weighted by Gasteiger charge is -2.33. The van der Waals surface area contributed by atoms with E-state index in [4.69, 9.17) is 18.9 Å². The van der Waals surface area contributed by atoms with Gasteiger partial charge in [-0.3, -0.25) is 0 Å². The van der Waals surface area contributed by atoms with Gasteiger partial charge in [0.1, 0.15) is 12.2 Å². The van der Waals surface area contributed by atoms with Crippen molar-refractivity contribution in [3.63, 3.8) is 0 Å². The van der Waals surface area contributed by atoms with Crippen LogP contribution in [0, 0.1) is 6.92 Å². The number of rotatable bonds is 11. The van der Waals surface area contributed by atoms with E-state index in [-0.39, 0.29) is 22.3 Å². The van der Waals surface area contributed by atoms with Crippen molar-refractivity contribution in [3.8, 4) is 0 Å². The second-order valence-electron chi connectivity index (χ2n) is 9.26. The molecule has 0 aliphatic heterocycles. The van der Waals surface area contributed by atoms with Crippen LogP contribution in [0.5, 0.6) is 0 Å². The van der Waals surface area contributed by atoms with Crippen LogP contribution in [0.2, 0.25) is 0 Å². The Morgan fingerprint density at radius 1 is 0.452 bits per heavy atom. The van der Waals surface area contributed by atoms with Gasteiger partial charge in [-0.1, -0.05) is 72.8 Å². The van der Waals surface area contributed by atoms with Crippen LogP contribution in [-0.2, 0) is 18.9 Å². The highest BCUT2D eigenvalue weighted by atomic mass is 16.6. The first-order chi connectivity index (χ1) is 20.3. The molecule has 0 amide bonds. The van der Waals surface area contributed by atoms with E-state index >= 15 is 0 Å². The van der Waals surface area contributed by atoms with Crippen molar-refractivity contribution in [2.45, 2.75) is 31.3 Å². The Hall–Kier alpha value is -5.24. The average molecular weight is 566 g/mol. The zero-order valence-corrected chi connectivity index (χ0v) is 22.8. The minimum Gasteiger partial charge on any atom is -0.455 e. The fourth-order valence-electron chi connectivity index (χ4n) is 4.04. The highest BCUT2D eigenvalue weighted by Gasteiger charge is 2.41. The molecule has 213 valence electrons. The summed E-state index contributed by atoms with van der Waals surface area (Å²) in [4.78, 5) is 52.3. The molecule has 0 spiro atoms. The standard InChI is InChI=1S/C34H29O8/c1-23(39-31(35)25-15-7-3-8-16-25)29(41-33(37)27-19-11-5-12-20-27)30(42-34(38)28-21-13-6-14-22-28)24(2)40-32(36)26-17-9-4-10-18-26/h3-24,29-30H,1H2,2H3. The number of benzene rings is 4. The minimum atomic E-state index is -1.48. The summed E-state index contributed by atoms with van der Waals surface area (Å²) in [6, 6.07) is 32.7. The molecule has 0 bridgehead atoms. The molecule has 8 heteroatoms. The molecule has 4 atom stereocenters. The average Bonchev–Trinajstić information content (AvgIpc) is 3.04. The van der Waals surface area contributed by atoms with E-state index < -0.39 is 48.3 Å². The van der Waals surface area contributed by atoms with Gasteiger partial charge in [0.25, 0.3) is 0 Å². The molecule has 0 N–H and O–H groups in total. The van der Waals surface area contributed by atoms with Crippen LogP contribution < -0.4 is 0 Å². The summed E-state index contributed by atoms with van der Waals surface area (Å²) in [6.07, 6.45) is -5.45. The second kappa shape index (κ2) is 14.4. The van der Waals surface area contributed by atoms with Crippen LogP contribution in [0.3, 0.4) is 0 Å². The van der Waals surface area contributed by atoms with Crippen LogP contribution in [0.15, 0.2) is 121 Å². The molecule has 8 nitrogen and oxygen atoms in total. The van der Waals surface area contributed by atoms with Gasteiger partial charge < -0.3 is 18.9 Å². The molecule has 0 aliphatic rings. The lowest BCUT2D eigenvalue weighted by atomic mass is 10.0. The molecule has 0 aromatic heterocycles. The molecule has 1 radical (unpaired) electrons. The number of carbonyl (C=O) groups is 4. The van der Waals surface area contributed by atoms with Crippen molar-refractivity contribution in [1.82, 2.24) is 0 Å². The van der Waals surface area contributed by atoms with Crippen molar-refractivity contribution < 1.29 is 38.1 Å². The summed E-state index contributed by atoms with van der Waals surface area (Å²) in [7, 11) is 0. The first kappa shape index (κ1) is 29.7. The Morgan fingerprint density at radius 3 is 1.10 bits per heavy atom. The Bertz CT molecular complexity index is 1360. The molecule has 0 saturated carbocycles. The van der Waals surface area contributed by atoms with Gasteiger partial charge in [0.05, 0.1) is 22.3 Å². The van der Waals surface area contributed by atoms with Gasteiger partial charge in [0.2, 0.25) is 0 Å². The van der Waals surface area contributed by atoms with E-state index in [1.165, 1.54) is 19.1 Å². The van der Waals surface area contributed by atoms with Crippen molar-refractivity contribution in [2.75, 3.05) is 0 Å². The van der Waals surface area contributed by atoms with Gasteiger partial charge in [-0.25, -0.2) is 19.2 Å². The van der Waals surface area contributed by atoms with Gasteiger partial charge >= 0.3 is 23.9 Å². The summed E-state index contributed by atoms with van der Waals surface area (Å²) in [5.74, 6) is -2.99. The first-order valence-electron chi connectivity index (χ1n) is 13.2. The van der Waals surface area contributed by atoms with Crippen LogP contribution in [-0.4, -0.2) is 48.3 Å². The normalized spacial score (nSPS) is 13.5. The highest BCUT2D eigenvalue weighted by Crippen LogP contribution is 2.23. The fourth-order valence-corrected chi connectivity index (χ4v) is 4.04. The SMILES string of the molecule is [CH2]C(OC(=O)c1ccccc1)C(OC(=O)c1ccccc1)C(OC(=O)c1ccccc1)C(C)OC(=O)c1ccccc1. The molecule has 0 saturated heterocycles. The molecule has 0 heterocycles. The van der Waals surface area contributed by atoms with Crippen LogP contribution >= 0.6 is 0 Å². The van der Waals surface area contributed by atoms with Gasteiger partial charge in [0, 0.05) is 0 Å². The summed E-state index contributed by atoms with van der Waals surface area (Å²) >= 11 is 0. The lowest BCUT2D eigenvalue weighted by Crippen LogP contribution is -2.50. The predicted molar refractivity (Wildman–Crippen MR) is 154 cm³/mol. The zero-order chi connectivity index (χ0) is 29.9. The van der Waals surface area contributed by atoms with Crippen LogP contribution in [0.25, 0.3) is 0 Å². The molecule has 4 aromatic carbocycles. The number of esters is 4. The number of carbonyl (C=O) groups excluding carboxylic acids is 4. The van der Waals surface area contributed by atoms with E-state index in [1.54, 1.807) is 109 Å². The highest BCUT2D eigenvalue weighted by molar-refractivity contribution is 5.91. The molecule has 4 rings (SSSR count). The van der Waals surface area contributed by atoms with E-state index in [2.05, 4.69) is 6.92 Å². The molecule has 0 fully saturated rings. The molecule has 4 unspecified atom stereocenters. The lowest BCUT2D eigenvalue weighted by molar-refractivity contribution is -0.111. The van der Waals surface area contributed by atoms with Crippen molar-refractivity contribution in [3.05, 3.63) is 151 Å². The summed E-state index contributed by atoms with van der Waals surface area (Å²) in [5.41, 5.74) is 0.905. The van der Waals surface area contributed by atoms with Gasteiger partial charge in [0.15, 0.2) is 12.2 Å². The number of hydrogen-bond donors (Lipinski definition) is 0. The predicted octanol–water partition coefficient (Wildman–Crippen LogP) is 5.74. The van der Waals surface area contributed by atoms with E-state index in [1.807, 2.05) is 0 Å². The Labute approximate surface area is 243 Å². The third kappa shape index (κ3) is 7.91. The third-order valence-corrected chi connectivity index (χ3v) is 6.23. The summed E-state index contributed by atoms with van der Waals surface area (Å²) < 4.78 is 22.9. The van der Waals surface area contributed by atoms with Crippen molar-refractivity contribution in [2.24, 2.45) is 0 Å². The van der Waals surface area contributed by atoms with Crippen LogP contribution in [0.4, 0.5) is 0 Å². The van der Waals surface area contributed by atoms with E-state index in [0.29, 0.717) is 0 Å².